The van der Waals surface area contributed by atoms with Crippen LogP contribution in [0.15, 0.2) is 36.1 Å². The van der Waals surface area contributed by atoms with E-state index in [0.29, 0.717) is 5.76 Å². The first-order valence-corrected chi connectivity index (χ1v) is 4.62. The van der Waals surface area contributed by atoms with E-state index in [1.807, 2.05) is 50.3 Å². The summed E-state index contributed by atoms with van der Waals surface area (Å²) < 4.78 is 5.43. The third kappa shape index (κ3) is 3.37. The maximum absolute atomic E-state index is 5.43. The summed E-state index contributed by atoms with van der Waals surface area (Å²) >= 11 is 0. The lowest BCUT2D eigenvalue weighted by Crippen LogP contribution is -2.00. The maximum Gasteiger partial charge on any atom is 0.170 e. The van der Waals surface area contributed by atoms with Gasteiger partial charge in [-0.25, -0.2) is 0 Å². The molecule has 0 spiro atoms. The molecule has 0 saturated heterocycles. The molecule has 0 saturated carbocycles. The highest BCUT2D eigenvalue weighted by atomic mass is 16.5. The van der Waals surface area contributed by atoms with Gasteiger partial charge in [0, 0.05) is 0 Å². The minimum atomic E-state index is 0.112. The minimum Gasteiger partial charge on any atom is -0.483 e. The van der Waals surface area contributed by atoms with E-state index < -0.39 is 0 Å². The van der Waals surface area contributed by atoms with Crippen molar-refractivity contribution in [3.05, 3.63) is 41.7 Å². The van der Waals surface area contributed by atoms with Crippen LogP contribution in [0.2, 0.25) is 0 Å². The van der Waals surface area contributed by atoms with Crippen molar-refractivity contribution in [2.24, 2.45) is 0 Å². The molecular formula is C13H14O. The van der Waals surface area contributed by atoms with Gasteiger partial charge in [0.05, 0.1) is 6.10 Å². The van der Waals surface area contributed by atoms with Crippen molar-refractivity contribution < 1.29 is 4.74 Å². The van der Waals surface area contributed by atoms with E-state index in [0.717, 1.165) is 5.56 Å². The maximum atomic E-state index is 5.43. The molecule has 72 valence electrons. The Bertz CT molecular complexity index is 341. The number of allylic oxidation sites excluding steroid dienone is 1. The molecule has 0 aliphatic heterocycles. The predicted molar refractivity (Wildman–Crippen MR) is 59.5 cm³/mol. The Balaban J connectivity index is 2.80. The van der Waals surface area contributed by atoms with Crippen molar-refractivity contribution in [3.8, 4) is 12.3 Å². The van der Waals surface area contributed by atoms with Gasteiger partial charge in [-0.05, 0) is 31.4 Å². The summed E-state index contributed by atoms with van der Waals surface area (Å²) in [7, 11) is 0. The second-order valence-electron chi connectivity index (χ2n) is 3.23. The van der Waals surface area contributed by atoms with Crippen molar-refractivity contribution in [3.63, 3.8) is 0 Å². The predicted octanol–water partition coefficient (Wildman–Crippen LogP) is 3.09. The van der Waals surface area contributed by atoms with E-state index in [1.54, 1.807) is 0 Å². The van der Waals surface area contributed by atoms with E-state index in [-0.39, 0.29) is 6.10 Å². The van der Waals surface area contributed by atoms with Gasteiger partial charge >= 0.3 is 0 Å². The summed E-state index contributed by atoms with van der Waals surface area (Å²) in [5.74, 6) is 3.10. The number of rotatable bonds is 3. The third-order valence-corrected chi connectivity index (χ3v) is 1.60. The van der Waals surface area contributed by atoms with Gasteiger partial charge in [-0.15, -0.1) is 6.42 Å². The highest BCUT2D eigenvalue weighted by Gasteiger charge is 1.97. The summed E-state index contributed by atoms with van der Waals surface area (Å²) in [6, 6.07) is 9.88. The van der Waals surface area contributed by atoms with Crippen molar-refractivity contribution in [2.75, 3.05) is 0 Å². The van der Waals surface area contributed by atoms with Crippen LogP contribution in [0, 0.1) is 12.3 Å². The second kappa shape index (κ2) is 5.14. The molecule has 0 aromatic heterocycles. The number of hydrogen-bond donors (Lipinski definition) is 0. The summed E-state index contributed by atoms with van der Waals surface area (Å²) in [6.07, 6.45) is 7.30. The highest BCUT2D eigenvalue weighted by Crippen LogP contribution is 2.08. The zero-order chi connectivity index (χ0) is 10.4. The van der Waals surface area contributed by atoms with Gasteiger partial charge in [-0.2, -0.15) is 0 Å². The Morgan fingerprint density at radius 1 is 1.36 bits per heavy atom. The molecule has 0 heterocycles. The van der Waals surface area contributed by atoms with Crippen LogP contribution in [0.5, 0.6) is 0 Å². The van der Waals surface area contributed by atoms with E-state index in [2.05, 4.69) is 5.92 Å². The molecule has 1 heteroatoms. The molecule has 1 rings (SSSR count). The van der Waals surface area contributed by atoms with Gasteiger partial charge in [-0.1, -0.05) is 30.3 Å². The topological polar surface area (TPSA) is 9.23 Å². The zero-order valence-corrected chi connectivity index (χ0v) is 8.53. The van der Waals surface area contributed by atoms with Crippen LogP contribution in [0.25, 0.3) is 6.08 Å². The van der Waals surface area contributed by atoms with Crippen LogP contribution < -0.4 is 0 Å². The monoisotopic (exact) mass is 186 g/mol. The fraction of sp³-hybridized carbons (Fsp3) is 0.231. The quantitative estimate of drug-likeness (QED) is 0.520. The van der Waals surface area contributed by atoms with Crippen molar-refractivity contribution in [1.29, 1.82) is 0 Å². The summed E-state index contributed by atoms with van der Waals surface area (Å²) in [5.41, 5.74) is 1.06. The highest BCUT2D eigenvalue weighted by molar-refractivity contribution is 5.55. The van der Waals surface area contributed by atoms with Gasteiger partial charge in [0.25, 0.3) is 0 Å². The average molecular weight is 186 g/mol. The molecule has 1 nitrogen and oxygen atoms in total. The Morgan fingerprint density at radius 2 is 2.00 bits per heavy atom. The van der Waals surface area contributed by atoms with E-state index >= 15 is 0 Å². The average Bonchev–Trinajstić information content (AvgIpc) is 2.17. The SMILES string of the molecule is C#C/C(=C\c1ccccc1)OC(C)C. The van der Waals surface area contributed by atoms with Crippen LogP contribution in [-0.4, -0.2) is 6.10 Å². The minimum absolute atomic E-state index is 0.112. The zero-order valence-electron chi connectivity index (χ0n) is 8.53. The smallest absolute Gasteiger partial charge is 0.170 e. The molecule has 0 aliphatic carbocycles. The first-order chi connectivity index (χ1) is 6.72. The fourth-order valence-electron chi connectivity index (χ4n) is 1.06. The first-order valence-electron chi connectivity index (χ1n) is 4.62. The Morgan fingerprint density at radius 3 is 2.50 bits per heavy atom. The first kappa shape index (κ1) is 10.4. The molecule has 0 radical (unpaired) electrons. The molecule has 0 N–H and O–H groups in total. The van der Waals surface area contributed by atoms with Crippen LogP contribution in [0.1, 0.15) is 19.4 Å². The van der Waals surface area contributed by atoms with Gasteiger partial charge in [0.1, 0.15) is 0 Å². The van der Waals surface area contributed by atoms with Crippen molar-refractivity contribution in [1.82, 2.24) is 0 Å². The van der Waals surface area contributed by atoms with Crippen molar-refractivity contribution >= 4 is 6.08 Å². The van der Waals surface area contributed by atoms with Crippen LogP contribution in [-0.2, 0) is 4.74 Å². The Labute approximate surface area is 85.4 Å². The van der Waals surface area contributed by atoms with Crippen LogP contribution in [0.3, 0.4) is 0 Å². The van der Waals surface area contributed by atoms with Crippen molar-refractivity contribution in [2.45, 2.75) is 20.0 Å². The molecule has 0 bridgehead atoms. The van der Waals surface area contributed by atoms with Gasteiger partial charge < -0.3 is 4.74 Å². The van der Waals surface area contributed by atoms with Gasteiger partial charge in [-0.3, -0.25) is 0 Å². The van der Waals surface area contributed by atoms with E-state index in [4.69, 9.17) is 11.2 Å². The summed E-state index contributed by atoms with van der Waals surface area (Å²) in [5, 5.41) is 0. The lowest BCUT2D eigenvalue weighted by Gasteiger charge is -2.08. The third-order valence-electron chi connectivity index (χ3n) is 1.60. The van der Waals surface area contributed by atoms with E-state index in [9.17, 15) is 0 Å². The van der Waals surface area contributed by atoms with Gasteiger partial charge in [0.15, 0.2) is 5.76 Å². The molecule has 0 unspecified atom stereocenters. The number of terminal acetylenes is 1. The molecule has 0 aliphatic rings. The largest absolute Gasteiger partial charge is 0.483 e. The lowest BCUT2D eigenvalue weighted by atomic mass is 10.2. The normalized spacial score (nSPS) is 11.1. The molecule has 14 heavy (non-hydrogen) atoms. The fourth-order valence-corrected chi connectivity index (χ4v) is 1.06. The number of hydrogen-bond acceptors (Lipinski definition) is 1. The standard InChI is InChI=1S/C13H14O/c1-4-13(14-11(2)3)10-12-8-6-5-7-9-12/h1,5-11H,2-3H3/b13-10+. The molecule has 1 aromatic carbocycles. The van der Waals surface area contributed by atoms with Crippen LogP contribution in [0.4, 0.5) is 0 Å². The molecule has 0 fully saturated rings. The molecular weight excluding hydrogens is 172 g/mol. The molecule has 0 atom stereocenters. The second-order valence-corrected chi connectivity index (χ2v) is 3.23. The summed E-state index contributed by atoms with van der Waals surface area (Å²) in [6.45, 7) is 3.91. The lowest BCUT2D eigenvalue weighted by molar-refractivity contribution is 0.163. The Hall–Kier alpha value is -1.68. The van der Waals surface area contributed by atoms with Gasteiger partial charge in [0.2, 0.25) is 0 Å². The van der Waals surface area contributed by atoms with E-state index in [1.165, 1.54) is 0 Å². The number of ether oxygens (including phenoxy) is 1. The van der Waals surface area contributed by atoms with Crippen LogP contribution >= 0.6 is 0 Å². The number of benzene rings is 1. The molecule has 0 amide bonds. The molecule has 1 aromatic rings. The Kier molecular flexibility index (Phi) is 3.82. The summed E-state index contributed by atoms with van der Waals surface area (Å²) in [4.78, 5) is 0.